The molecule has 144 valence electrons. The van der Waals surface area contributed by atoms with Crippen molar-refractivity contribution in [2.75, 3.05) is 5.32 Å². The number of nitrogens with zero attached hydrogens (tertiary/aromatic N) is 2. The SMILES string of the molecule is CC(NC(=O)C(=O)Nc1ccc(OC(F)F)c2ncccc12)c1ccncc1. The standard InChI is InChI=1S/C19H16F2N4O3/c1-11(12-6-9-22-10-7-12)24-17(26)18(27)25-14-4-5-15(28-19(20)21)16-13(14)3-2-8-23-16/h2-11,19H,1H3,(H,24,26)(H,25,27). The molecule has 28 heavy (non-hydrogen) atoms. The van der Waals surface area contributed by atoms with Crippen molar-refractivity contribution in [1.29, 1.82) is 0 Å². The number of rotatable bonds is 5. The minimum Gasteiger partial charge on any atom is -0.432 e. The molecule has 0 saturated heterocycles. The molecule has 0 fully saturated rings. The van der Waals surface area contributed by atoms with Gasteiger partial charge in [0.1, 0.15) is 5.52 Å². The maximum atomic E-state index is 12.5. The van der Waals surface area contributed by atoms with Crippen molar-refractivity contribution in [1.82, 2.24) is 15.3 Å². The van der Waals surface area contributed by atoms with Gasteiger partial charge in [0.15, 0.2) is 5.75 Å². The topological polar surface area (TPSA) is 93.2 Å². The third-order valence-corrected chi connectivity index (χ3v) is 3.96. The Balaban J connectivity index is 1.77. The molecule has 2 aromatic heterocycles. The Labute approximate surface area is 158 Å². The summed E-state index contributed by atoms with van der Waals surface area (Å²) in [6.07, 6.45) is 4.58. The van der Waals surface area contributed by atoms with Crippen LogP contribution in [-0.2, 0) is 9.59 Å². The fraction of sp³-hybridized carbons (Fsp3) is 0.158. The predicted molar refractivity (Wildman–Crippen MR) is 97.8 cm³/mol. The van der Waals surface area contributed by atoms with E-state index in [4.69, 9.17) is 0 Å². The molecular formula is C19H16F2N4O3. The van der Waals surface area contributed by atoms with Gasteiger partial charge in [-0.15, -0.1) is 0 Å². The van der Waals surface area contributed by atoms with Crippen LogP contribution in [-0.4, -0.2) is 28.4 Å². The smallest absolute Gasteiger partial charge is 0.387 e. The number of amides is 2. The van der Waals surface area contributed by atoms with E-state index in [2.05, 4.69) is 25.3 Å². The maximum Gasteiger partial charge on any atom is 0.387 e. The Kier molecular flexibility index (Phi) is 5.73. The first-order valence-corrected chi connectivity index (χ1v) is 8.30. The van der Waals surface area contributed by atoms with E-state index >= 15 is 0 Å². The quantitative estimate of drug-likeness (QED) is 0.658. The summed E-state index contributed by atoms with van der Waals surface area (Å²) in [6, 6.07) is 8.84. The van der Waals surface area contributed by atoms with Crippen molar-refractivity contribution in [3.63, 3.8) is 0 Å². The fourth-order valence-electron chi connectivity index (χ4n) is 2.62. The molecule has 0 aliphatic heterocycles. The van der Waals surface area contributed by atoms with Crippen LogP contribution in [0.1, 0.15) is 18.5 Å². The van der Waals surface area contributed by atoms with Gasteiger partial charge >= 0.3 is 18.4 Å². The van der Waals surface area contributed by atoms with Gasteiger partial charge in [-0.05, 0) is 48.9 Å². The van der Waals surface area contributed by atoms with Crippen LogP contribution in [0.4, 0.5) is 14.5 Å². The molecule has 0 aliphatic carbocycles. The minimum atomic E-state index is -3.01. The Hall–Kier alpha value is -3.62. The number of hydrogen-bond donors (Lipinski definition) is 2. The van der Waals surface area contributed by atoms with E-state index in [1.54, 1.807) is 43.6 Å². The zero-order valence-corrected chi connectivity index (χ0v) is 14.7. The first-order chi connectivity index (χ1) is 13.5. The lowest BCUT2D eigenvalue weighted by atomic mass is 10.1. The van der Waals surface area contributed by atoms with E-state index in [9.17, 15) is 18.4 Å². The van der Waals surface area contributed by atoms with Crippen LogP contribution >= 0.6 is 0 Å². The molecule has 1 unspecified atom stereocenters. The molecule has 1 aromatic carbocycles. The average molecular weight is 386 g/mol. The Bertz CT molecular complexity index is 999. The molecule has 0 bridgehead atoms. The predicted octanol–water partition coefficient (Wildman–Crippen LogP) is 3.05. The van der Waals surface area contributed by atoms with Crippen LogP contribution in [0.25, 0.3) is 10.9 Å². The van der Waals surface area contributed by atoms with E-state index in [-0.39, 0.29) is 17.0 Å². The van der Waals surface area contributed by atoms with Gasteiger partial charge in [0.2, 0.25) is 0 Å². The molecule has 0 aliphatic rings. The highest BCUT2D eigenvalue weighted by molar-refractivity contribution is 6.40. The third-order valence-electron chi connectivity index (χ3n) is 3.96. The lowest BCUT2D eigenvalue weighted by Crippen LogP contribution is -2.36. The number of pyridine rings is 2. The number of anilines is 1. The van der Waals surface area contributed by atoms with E-state index in [0.717, 1.165) is 5.56 Å². The Morgan fingerprint density at radius 3 is 2.50 bits per heavy atom. The van der Waals surface area contributed by atoms with E-state index < -0.39 is 24.5 Å². The van der Waals surface area contributed by atoms with Crippen LogP contribution < -0.4 is 15.4 Å². The zero-order chi connectivity index (χ0) is 20.1. The van der Waals surface area contributed by atoms with Gasteiger partial charge in [-0.1, -0.05) is 0 Å². The summed E-state index contributed by atoms with van der Waals surface area (Å²) in [5, 5.41) is 5.42. The molecule has 3 aromatic rings. The van der Waals surface area contributed by atoms with Crippen molar-refractivity contribution in [2.45, 2.75) is 19.6 Å². The highest BCUT2D eigenvalue weighted by Gasteiger charge is 2.19. The highest BCUT2D eigenvalue weighted by atomic mass is 19.3. The summed E-state index contributed by atoms with van der Waals surface area (Å²) < 4.78 is 29.5. The van der Waals surface area contributed by atoms with Crippen LogP contribution in [0.2, 0.25) is 0 Å². The van der Waals surface area contributed by atoms with Gasteiger partial charge in [-0.2, -0.15) is 8.78 Å². The lowest BCUT2D eigenvalue weighted by Gasteiger charge is -2.15. The van der Waals surface area contributed by atoms with Crippen LogP contribution in [0, 0.1) is 0 Å². The van der Waals surface area contributed by atoms with E-state index in [1.807, 2.05) is 0 Å². The number of alkyl halides is 2. The molecule has 0 radical (unpaired) electrons. The minimum absolute atomic E-state index is 0.126. The molecule has 0 saturated carbocycles. The summed E-state index contributed by atoms with van der Waals surface area (Å²) in [7, 11) is 0. The third kappa shape index (κ3) is 4.37. The molecule has 2 amide bonds. The molecular weight excluding hydrogens is 370 g/mol. The zero-order valence-electron chi connectivity index (χ0n) is 14.7. The van der Waals surface area contributed by atoms with Crippen molar-refractivity contribution in [2.24, 2.45) is 0 Å². The fourth-order valence-corrected chi connectivity index (χ4v) is 2.62. The van der Waals surface area contributed by atoms with Gasteiger partial charge in [0.05, 0.1) is 11.7 Å². The van der Waals surface area contributed by atoms with Crippen molar-refractivity contribution in [3.05, 3.63) is 60.6 Å². The number of benzene rings is 1. The molecule has 0 spiro atoms. The van der Waals surface area contributed by atoms with Gasteiger partial charge in [-0.3, -0.25) is 19.6 Å². The average Bonchev–Trinajstić information content (AvgIpc) is 2.70. The molecule has 1 atom stereocenters. The van der Waals surface area contributed by atoms with Gasteiger partial charge < -0.3 is 15.4 Å². The highest BCUT2D eigenvalue weighted by Crippen LogP contribution is 2.30. The van der Waals surface area contributed by atoms with Crippen molar-refractivity contribution < 1.29 is 23.1 Å². The van der Waals surface area contributed by atoms with Crippen LogP contribution in [0.3, 0.4) is 0 Å². The largest absolute Gasteiger partial charge is 0.432 e. The van der Waals surface area contributed by atoms with E-state index in [1.165, 1.54) is 18.3 Å². The number of hydrogen-bond acceptors (Lipinski definition) is 5. The Morgan fingerprint density at radius 2 is 1.79 bits per heavy atom. The second-order valence-corrected chi connectivity index (χ2v) is 5.82. The lowest BCUT2D eigenvalue weighted by molar-refractivity contribution is -0.136. The second kappa shape index (κ2) is 8.38. The first kappa shape index (κ1) is 19.2. The number of nitrogens with one attached hydrogen (secondary N) is 2. The molecule has 3 rings (SSSR count). The summed E-state index contributed by atoms with van der Waals surface area (Å²) >= 11 is 0. The Morgan fingerprint density at radius 1 is 1.04 bits per heavy atom. The number of carbonyl (C=O) groups is 2. The van der Waals surface area contributed by atoms with Crippen LogP contribution in [0.15, 0.2) is 55.0 Å². The van der Waals surface area contributed by atoms with Crippen molar-refractivity contribution >= 4 is 28.4 Å². The number of halogens is 2. The first-order valence-electron chi connectivity index (χ1n) is 8.30. The summed E-state index contributed by atoms with van der Waals surface area (Å²) in [6.45, 7) is -1.28. The number of carbonyl (C=O) groups excluding carboxylic acids is 2. The normalized spacial score (nSPS) is 11.9. The number of fused-ring (bicyclic) bond motifs is 1. The number of aromatic nitrogens is 2. The molecule has 2 N–H and O–H groups in total. The van der Waals surface area contributed by atoms with Crippen molar-refractivity contribution in [3.8, 4) is 5.75 Å². The van der Waals surface area contributed by atoms with Crippen LogP contribution in [0.5, 0.6) is 5.75 Å². The van der Waals surface area contributed by atoms with Gasteiger partial charge in [0, 0.05) is 24.0 Å². The number of ether oxygens (including phenoxy) is 1. The maximum absolute atomic E-state index is 12.5. The van der Waals surface area contributed by atoms with E-state index in [0.29, 0.717) is 5.39 Å². The molecule has 9 heteroatoms. The monoisotopic (exact) mass is 386 g/mol. The summed E-state index contributed by atoms with van der Waals surface area (Å²) in [4.78, 5) is 32.4. The summed E-state index contributed by atoms with van der Waals surface area (Å²) in [5.74, 6) is -1.86. The summed E-state index contributed by atoms with van der Waals surface area (Å²) in [5.41, 5.74) is 1.19. The van der Waals surface area contributed by atoms with Gasteiger partial charge in [-0.25, -0.2) is 0 Å². The second-order valence-electron chi connectivity index (χ2n) is 5.82. The molecule has 2 heterocycles. The van der Waals surface area contributed by atoms with Gasteiger partial charge in [0.25, 0.3) is 0 Å². The molecule has 7 nitrogen and oxygen atoms in total.